The maximum absolute atomic E-state index is 10.5. The molecule has 0 spiro atoms. The minimum Gasteiger partial charge on any atom is -0.475 e. The Hall–Kier alpha value is -1.45. The molecule has 0 saturated carbocycles. The zero-order chi connectivity index (χ0) is 10.8. The van der Waals surface area contributed by atoms with E-state index in [-0.39, 0.29) is 18.3 Å². The normalized spacial score (nSPS) is 10.5. The molecule has 0 atom stereocenters. The SMILES string of the molecule is O=C(O)c1noc(Cn2cc(I)cn2)n1. The lowest BCUT2D eigenvalue weighted by Crippen LogP contribution is -2.02. The third-order valence-electron chi connectivity index (χ3n) is 1.56. The van der Waals surface area contributed by atoms with Crippen molar-refractivity contribution in [2.75, 3.05) is 0 Å². The number of aromatic carboxylic acids is 1. The van der Waals surface area contributed by atoms with Gasteiger partial charge in [0.05, 0.1) is 9.77 Å². The molecule has 0 aromatic carbocycles. The Morgan fingerprint density at radius 3 is 3.00 bits per heavy atom. The number of carbonyl (C=O) groups is 1. The summed E-state index contributed by atoms with van der Waals surface area (Å²) in [7, 11) is 0. The minimum atomic E-state index is -1.21. The van der Waals surface area contributed by atoms with Gasteiger partial charge in [-0.05, 0) is 27.7 Å². The Morgan fingerprint density at radius 1 is 1.67 bits per heavy atom. The lowest BCUT2D eigenvalue weighted by atomic mass is 10.6. The molecular weight excluding hydrogens is 315 g/mol. The van der Waals surface area contributed by atoms with Gasteiger partial charge in [0.15, 0.2) is 0 Å². The van der Waals surface area contributed by atoms with E-state index in [1.807, 2.05) is 0 Å². The first-order valence-corrected chi connectivity index (χ1v) is 4.97. The highest BCUT2D eigenvalue weighted by atomic mass is 127. The Morgan fingerprint density at radius 2 is 2.47 bits per heavy atom. The van der Waals surface area contributed by atoms with E-state index in [0.29, 0.717) is 0 Å². The molecule has 78 valence electrons. The lowest BCUT2D eigenvalue weighted by molar-refractivity contribution is 0.0680. The van der Waals surface area contributed by atoms with E-state index >= 15 is 0 Å². The number of rotatable bonds is 3. The molecule has 0 unspecified atom stereocenters. The van der Waals surface area contributed by atoms with Gasteiger partial charge in [-0.15, -0.1) is 0 Å². The molecule has 15 heavy (non-hydrogen) atoms. The Balaban J connectivity index is 2.14. The molecule has 1 N–H and O–H groups in total. The Bertz CT molecular complexity index is 492. The number of carboxylic acid groups (broad SMARTS) is 1. The van der Waals surface area contributed by atoms with Crippen molar-refractivity contribution < 1.29 is 14.4 Å². The van der Waals surface area contributed by atoms with Crippen molar-refractivity contribution in [2.24, 2.45) is 0 Å². The maximum atomic E-state index is 10.5. The van der Waals surface area contributed by atoms with Gasteiger partial charge in [-0.3, -0.25) is 4.68 Å². The van der Waals surface area contributed by atoms with Crippen LogP contribution in [-0.2, 0) is 6.54 Å². The average molecular weight is 320 g/mol. The third kappa shape index (κ3) is 2.32. The highest BCUT2D eigenvalue weighted by molar-refractivity contribution is 14.1. The summed E-state index contributed by atoms with van der Waals surface area (Å²) < 4.78 is 7.30. The van der Waals surface area contributed by atoms with Crippen molar-refractivity contribution >= 4 is 28.6 Å². The summed E-state index contributed by atoms with van der Waals surface area (Å²) in [6.07, 6.45) is 3.46. The molecule has 0 radical (unpaired) electrons. The molecule has 0 aliphatic heterocycles. The van der Waals surface area contributed by atoms with Crippen LogP contribution in [0.2, 0.25) is 0 Å². The van der Waals surface area contributed by atoms with E-state index in [1.165, 1.54) is 0 Å². The fraction of sp³-hybridized carbons (Fsp3) is 0.143. The number of aromatic nitrogens is 4. The molecule has 2 heterocycles. The monoisotopic (exact) mass is 320 g/mol. The van der Waals surface area contributed by atoms with Crippen LogP contribution in [0.1, 0.15) is 16.5 Å². The zero-order valence-electron chi connectivity index (χ0n) is 7.29. The van der Waals surface area contributed by atoms with Crippen molar-refractivity contribution in [1.29, 1.82) is 0 Å². The molecule has 0 bridgehead atoms. The van der Waals surface area contributed by atoms with E-state index in [4.69, 9.17) is 9.63 Å². The van der Waals surface area contributed by atoms with Crippen LogP contribution in [-0.4, -0.2) is 31.0 Å². The van der Waals surface area contributed by atoms with Crippen LogP contribution < -0.4 is 0 Å². The molecule has 8 heteroatoms. The summed E-state index contributed by atoms with van der Waals surface area (Å²) in [6.45, 7) is 0.267. The molecule has 0 aliphatic carbocycles. The number of hydrogen-bond acceptors (Lipinski definition) is 5. The van der Waals surface area contributed by atoms with Gasteiger partial charge in [0.2, 0.25) is 5.89 Å². The summed E-state index contributed by atoms with van der Waals surface area (Å²) in [5.41, 5.74) is 0. The Labute approximate surface area is 97.2 Å². The summed E-state index contributed by atoms with van der Waals surface area (Å²) in [5.74, 6) is -1.33. The van der Waals surface area contributed by atoms with E-state index in [1.54, 1.807) is 17.1 Å². The standard InChI is InChI=1S/C7H5IN4O3/c8-4-1-9-12(2-4)3-5-10-6(7(13)14)11-15-5/h1-2H,3H2,(H,13,14). The van der Waals surface area contributed by atoms with Gasteiger partial charge < -0.3 is 9.63 Å². The summed E-state index contributed by atoms with van der Waals surface area (Å²) >= 11 is 2.12. The second-order valence-electron chi connectivity index (χ2n) is 2.67. The van der Waals surface area contributed by atoms with E-state index in [9.17, 15) is 4.79 Å². The highest BCUT2D eigenvalue weighted by Crippen LogP contribution is 2.04. The van der Waals surface area contributed by atoms with Crippen LogP contribution >= 0.6 is 22.6 Å². The molecule has 2 aromatic rings. The van der Waals surface area contributed by atoms with Crippen LogP contribution in [0.4, 0.5) is 0 Å². The number of halogens is 1. The lowest BCUT2D eigenvalue weighted by Gasteiger charge is -1.92. The summed E-state index contributed by atoms with van der Waals surface area (Å²) in [4.78, 5) is 14.1. The first-order valence-electron chi connectivity index (χ1n) is 3.89. The third-order valence-corrected chi connectivity index (χ3v) is 2.12. The molecule has 2 rings (SSSR count). The summed E-state index contributed by atoms with van der Waals surface area (Å²) in [6, 6.07) is 0. The second kappa shape index (κ2) is 3.96. The predicted molar refractivity (Wildman–Crippen MR) is 55.3 cm³/mol. The highest BCUT2D eigenvalue weighted by Gasteiger charge is 2.13. The van der Waals surface area contributed by atoms with E-state index in [2.05, 4.69) is 37.8 Å². The average Bonchev–Trinajstić information content (AvgIpc) is 2.76. The van der Waals surface area contributed by atoms with Crippen LogP contribution in [0.25, 0.3) is 0 Å². The van der Waals surface area contributed by atoms with Crippen molar-refractivity contribution in [3.63, 3.8) is 0 Å². The molecule has 0 amide bonds. The van der Waals surface area contributed by atoms with Crippen molar-refractivity contribution in [1.82, 2.24) is 19.9 Å². The van der Waals surface area contributed by atoms with Gasteiger partial charge in [-0.2, -0.15) is 10.1 Å². The topological polar surface area (TPSA) is 94.0 Å². The number of nitrogens with zero attached hydrogens (tertiary/aromatic N) is 4. The second-order valence-corrected chi connectivity index (χ2v) is 3.92. The van der Waals surface area contributed by atoms with Crippen LogP contribution in [0.3, 0.4) is 0 Å². The van der Waals surface area contributed by atoms with Gasteiger partial charge >= 0.3 is 5.97 Å². The smallest absolute Gasteiger partial charge is 0.377 e. The first-order chi connectivity index (χ1) is 7.15. The number of carboxylic acids is 1. The molecule has 7 nitrogen and oxygen atoms in total. The van der Waals surface area contributed by atoms with Crippen LogP contribution in [0, 0.1) is 3.57 Å². The Kier molecular flexibility index (Phi) is 2.66. The van der Waals surface area contributed by atoms with E-state index in [0.717, 1.165) is 3.57 Å². The molecule has 0 fully saturated rings. The van der Waals surface area contributed by atoms with Gasteiger partial charge in [0, 0.05) is 6.20 Å². The molecule has 0 aliphatic rings. The minimum absolute atomic E-state index is 0.215. The van der Waals surface area contributed by atoms with Crippen molar-refractivity contribution in [2.45, 2.75) is 6.54 Å². The van der Waals surface area contributed by atoms with Gasteiger partial charge in [0.25, 0.3) is 5.82 Å². The van der Waals surface area contributed by atoms with Gasteiger partial charge in [-0.1, -0.05) is 0 Å². The van der Waals surface area contributed by atoms with E-state index < -0.39 is 5.97 Å². The molecule has 2 aromatic heterocycles. The van der Waals surface area contributed by atoms with Crippen molar-refractivity contribution in [3.05, 3.63) is 27.7 Å². The quantitative estimate of drug-likeness (QED) is 0.833. The maximum Gasteiger partial charge on any atom is 0.377 e. The van der Waals surface area contributed by atoms with Gasteiger partial charge in [0.1, 0.15) is 6.54 Å². The van der Waals surface area contributed by atoms with Crippen molar-refractivity contribution in [3.8, 4) is 0 Å². The number of hydrogen-bond donors (Lipinski definition) is 1. The fourth-order valence-electron chi connectivity index (χ4n) is 0.969. The first kappa shape index (κ1) is 10.1. The van der Waals surface area contributed by atoms with Crippen LogP contribution in [0.15, 0.2) is 16.9 Å². The van der Waals surface area contributed by atoms with Gasteiger partial charge in [-0.25, -0.2) is 4.79 Å². The molecular formula is C7H5IN4O3. The predicted octanol–water partition coefficient (Wildman–Crippen LogP) is 0.617. The largest absolute Gasteiger partial charge is 0.475 e. The molecule has 0 saturated heterocycles. The zero-order valence-corrected chi connectivity index (χ0v) is 9.45. The summed E-state index contributed by atoms with van der Waals surface area (Å²) in [5, 5.41) is 15.8. The van der Waals surface area contributed by atoms with Crippen LogP contribution in [0.5, 0.6) is 0 Å². The fourth-order valence-corrected chi connectivity index (χ4v) is 1.42.